The Morgan fingerprint density at radius 3 is 2.67 bits per heavy atom. The molecule has 1 heterocycles. The van der Waals surface area contributed by atoms with Gasteiger partial charge in [-0.15, -0.1) is 12.4 Å². The maximum atomic E-state index is 6.04. The zero-order chi connectivity index (χ0) is 12.3. The fourth-order valence-electron chi connectivity index (χ4n) is 2.13. The van der Waals surface area contributed by atoms with Gasteiger partial charge in [-0.05, 0) is 25.0 Å². The van der Waals surface area contributed by atoms with Crippen LogP contribution < -0.4 is 5.73 Å². The maximum Gasteiger partial charge on any atom is 0.111 e. The van der Waals surface area contributed by atoms with Crippen LogP contribution in [0.2, 0.25) is 0 Å². The monoisotopic (exact) mass is 267 g/mol. The van der Waals surface area contributed by atoms with Gasteiger partial charge in [-0.25, -0.2) is 4.98 Å². The SMILES string of the molecule is CCCn1c(CC(N)CC)nc2ccccc21.Cl. The molecule has 1 aromatic heterocycles. The van der Waals surface area contributed by atoms with Gasteiger partial charge in [0.2, 0.25) is 0 Å². The highest BCUT2D eigenvalue weighted by Gasteiger charge is 2.11. The van der Waals surface area contributed by atoms with E-state index in [1.54, 1.807) is 0 Å². The molecule has 2 N–H and O–H groups in total. The van der Waals surface area contributed by atoms with Gasteiger partial charge in [-0.1, -0.05) is 26.0 Å². The lowest BCUT2D eigenvalue weighted by Crippen LogP contribution is -2.23. The van der Waals surface area contributed by atoms with Gasteiger partial charge in [0.05, 0.1) is 11.0 Å². The lowest BCUT2D eigenvalue weighted by molar-refractivity contribution is 0.582. The largest absolute Gasteiger partial charge is 0.328 e. The van der Waals surface area contributed by atoms with E-state index in [4.69, 9.17) is 10.7 Å². The van der Waals surface area contributed by atoms with Crippen molar-refractivity contribution in [3.05, 3.63) is 30.1 Å². The molecule has 2 aromatic rings. The standard InChI is InChI=1S/C14H21N3.ClH/c1-3-9-17-13-8-6-5-7-12(13)16-14(17)10-11(15)4-2;/h5-8,11H,3-4,9-10,15H2,1-2H3;1H. The Bertz CT molecular complexity index is 493. The van der Waals surface area contributed by atoms with Crippen LogP contribution in [0.5, 0.6) is 0 Å². The molecule has 0 aliphatic rings. The Kier molecular flexibility index (Phi) is 5.63. The van der Waals surface area contributed by atoms with Gasteiger partial charge in [0.1, 0.15) is 5.82 Å². The van der Waals surface area contributed by atoms with Crippen molar-refractivity contribution in [2.24, 2.45) is 5.73 Å². The normalized spacial score (nSPS) is 12.4. The summed E-state index contributed by atoms with van der Waals surface area (Å²) in [5, 5.41) is 0. The molecule has 1 unspecified atom stereocenters. The minimum absolute atomic E-state index is 0. The first-order chi connectivity index (χ1) is 8.26. The molecule has 0 saturated carbocycles. The van der Waals surface area contributed by atoms with Crippen LogP contribution in [0, 0.1) is 0 Å². The molecule has 0 aliphatic heterocycles. The number of nitrogens with two attached hydrogens (primary N) is 1. The Labute approximate surface area is 115 Å². The van der Waals surface area contributed by atoms with Gasteiger partial charge in [-0.2, -0.15) is 0 Å². The van der Waals surface area contributed by atoms with Crippen LogP contribution in [0.1, 0.15) is 32.5 Å². The van der Waals surface area contributed by atoms with Crippen molar-refractivity contribution in [1.29, 1.82) is 0 Å². The molecule has 1 atom stereocenters. The zero-order valence-electron chi connectivity index (χ0n) is 11.1. The van der Waals surface area contributed by atoms with Gasteiger partial charge in [0, 0.05) is 19.0 Å². The number of aryl methyl sites for hydroxylation is 1. The third-order valence-electron chi connectivity index (χ3n) is 3.15. The fourth-order valence-corrected chi connectivity index (χ4v) is 2.13. The van der Waals surface area contributed by atoms with Crippen molar-refractivity contribution in [2.75, 3.05) is 0 Å². The second-order valence-electron chi connectivity index (χ2n) is 4.54. The van der Waals surface area contributed by atoms with E-state index in [2.05, 4.69) is 36.6 Å². The third-order valence-corrected chi connectivity index (χ3v) is 3.15. The number of fused-ring (bicyclic) bond motifs is 1. The molecule has 4 heteroatoms. The minimum atomic E-state index is 0. The van der Waals surface area contributed by atoms with Crippen molar-refractivity contribution in [3.8, 4) is 0 Å². The Morgan fingerprint density at radius 2 is 2.00 bits per heavy atom. The molecule has 0 bridgehead atoms. The molecule has 3 nitrogen and oxygen atoms in total. The molecule has 0 amide bonds. The number of hydrogen-bond donors (Lipinski definition) is 1. The summed E-state index contributed by atoms with van der Waals surface area (Å²) in [5.41, 5.74) is 8.35. The van der Waals surface area contributed by atoms with E-state index in [1.807, 2.05) is 6.07 Å². The first-order valence-corrected chi connectivity index (χ1v) is 6.46. The number of para-hydroxylation sites is 2. The van der Waals surface area contributed by atoms with Crippen LogP contribution in [0.3, 0.4) is 0 Å². The first kappa shape index (κ1) is 15.0. The van der Waals surface area contributed by atoms with E-state index in [-0.39, 0.29) is 18.4 Å². The summed E-state index contributed by atoms with van der Waals surface area (Å²) in [7, 11) is 0. The molecule has 0 fully saturated rings. The molecular weight excluding hydrogens is 246 g/mol. The van der Waals surface area contributed by atoms with Gasteiger partial charge in [-0.3, -0.25) is 0 Å². The second-order valence-corrected chi connectivity index (χ2v) is 4.54. The van der Waals surface area contributed by atoms with Crippen LogP contribution in [0.4, 0.5) is 0 Å². The van der Waals surface area contributed by atoms with Gasteiger partial charge in [0.25, 0.3) is 0 Å². The molecular formula is C14H22ClN3. The zero-order valence-corrected chi connectivity index (χ0v) is 11.9. The number of imidazole rings is 1. The number of benzene rings is 1. The van der Waals surface area contributed by atoms with Crippen molar-refractivity contribution < 1.29 is 0 Å². The Hall–Kier alpha value is -1.06. The Balaban J connectivity index is 0.00000162. The molecule has 0 radical (unpaired) electrons. The topological polar surface area (TPSA) is 43.8 Å². The molecule has 100 valence electrons. The lowest BCUT2D eigenvalue weighted by atomic mass is 10.1. The van der Waals surface area contributed by atoms with Crippen LogP contribution >= 0.6 is 12.4 Å². The number of aromatic nitrogens is 2. The molecule has 0 aliphatic carbocycles. The van der Waals surface area contributed by atoms with Gasteiger partial charge >= 0.3 is 0 Å². The molecule has 18 heavy (non-hydrogen) atoms. The van der Waals surface area contributed by atoms with Crippen molar-refractivity contribution in [2.45, 2.75) is 45.7 Å². The Morgan fingerprint density at radius 1 is 1.28 bits per heavy atom. The molecule has 2 rings (SSSR count). The quantitative estimate of drug-likeness (QED) is 0.904. The number of halogens is 1. The van der Waals surface area contributed by atoms with E-state index in [1.165, 1.54) is 5.52 Å². The van der Waals surface area contributed by atoms with Crippen LogP contribution in [0.25, 0.3) is 11.0 Å². The van der Waals surface area contributed by atoms with E-state index in [0.717, 1.165) is 37.1 Å². The minimum Gasteiger partial charge on any atom is -0.328 e. The van der Waals surface area contributed by atoms with Crippen molar-refractivity contribution in [3.63, 3.8) is 0 Å². The summed E-state index contributed by atoms with van der Waals surface area (Å²) in [4.78, 5) is 4.70. The fraction of sp³-hybridized carbons (Fsp3) is 0.500. The van der Waals surface area contributed by atoms with Crippen LogP contribution in [0.15, 0.2) is 24.3 Å². The van der Waals surface area contributed by atoms with Crippen LogP contribution in [-0.2, 0) is 13.0 Å². The molecule has 0 saturated heterocycles. The summed E-state index contributed by atoms with van der Waals surface area (Å²) >= 11 is 0. The summed E-state index contributed by atoms with van der Waals surface area (Å²) in [6, 6.07) is 8.53. The highest BCUT2D eigenvalue weighted by molar-refractivity contribution is 5.85. The predicted molar refractivity (Wildman–Crippen MR) is 79.2 cm³/mol. The van der Waals surface area contributed by atoms with Gasteiger partial charge < -0.3 is 10.3 Å². The van der Waals surface area contributed by atoms with Crippen molar-refractivity contribution >= 4 is 23.4 Å². The second kappa shape index (κ2) is 6.76. The number of hydrogen-bond acceptors (Lipinski definition) is 2. The van der Waals surface area contributed by atoms with E-state index in [0.29, 0.717) is 0 Å². The van der Waals surface area contributed by atoms with E-state index >= 15 is 0 Å². The molecule has 0 spiro atoms. The first-order valence-electron chi connectivity index (χ1n) is 6.46. The summed E-state index contributed by atoms with van der Waals surface area (Å²) in [5.74, 6) is 1.13. The summed E-state index contributed by atoms with van der Waals surface area (Å²) < 4.78 is 2.31. The highest BCUT2D eigenvalue weighted by atomic mass is 35.5. The van der Waals surface area contributed by atoms with Gasteiger partial charge in [0.15, 0.2) is 0 Å². The van der Waals surface area contributed by atoms with E-state index < -0.39 is 0 Å². The smallest absolute Gasteiger partial charge is 0.111 e. The average molecular weight is 268 g/mol. The van der Waals surface area contributed by atoms with E-state index in [9.17, 15) is 0 Å². The summed E-state index contributed by atoms with van der Waals surface area (Å²) in [6.45, 7) is 5.34. The lowest BCUT2D eigenvalue weighted by Gasteiger charge is -2.11. The number of rotatable bonds is 5. The predicted octanol–water partition coefficient (Wildman–Crippen LogP) is 3.15. The average Bonchev–Trinajstić information content (AvgIpc) is 2.68. The van der Waals surface area contributed by atoms with Crippen molar-refractivity contribution in [1.82, 2.24) is 9.55 Å². The third kappa shape index (κ3) is 3.03. The maximum absolute atomic E-state index is 6.04. The number of nitrogens with zero attached hydrogens (tertiary/aromatic N) is 2. The molecule has 1 aromatic carbocycles. The summed E-state index contributed by atoms with van der Waals surface area (Å²) in [6.07, 6.45) is 2.98. The van der Waals surface area contributed by atoms with Crippen LogP contribution in [-0.4, -0.2) is 15.6 Å². The highest BCUT2D eigenvalue weighted by Crippen LogP contribution is 2.17.